The number of aromatic nitrogens is 4. The van der Waals surface area contributed by atoms with Gasteiger partial charge in [-0.25, -0.2) is 9.97 Å². The predicted octanol–water partition coefficient (Wildman–Crippen LogP) is 4.15. The summed E-state index contributed by atoms with van der Waals surface area (Å²) in [6.45, 7) is 8.98. The minimum atomic E-state index is -0.00849. The van der Waals surface area contributed by atoms with Gasteiger partial charge in [0.25, 0.3) is 0 Å². The maximum Gasteiger partial charge on any atom is 0.247 e. The van der Waals surface area contributed by atoms with Crippen molar-refractivity contribution in [2.24, 2.45) is 0 Å². The van der Waals surface area contributed by atoms with Crippen LogP contribution in [0.25, 0.3) is 11.5 Å². The van der Waals surface area contributed by atoms with Gasteiger partial charge in [-0.2, -0.15) is 0 Å². The number of nitrogens with zero attached hydrogens (tertiary/aromatic N) is 5. The molecular weight excluding hydrogens is 326 g/mol. The molecule has 3 rings (SSSR count). The van der Waals surface area contributed by atoms with Crippen molar-refractivity contribution in [3.63, 3.8) is 0 Å². The summed E-state index contributed by atoms with van der Waals surface area (Å²) >= 11 is 0. The van der Waals surface area contributed by atoms with Crippen LogP contribution in [-0.2, 0) is 6.54 Å². The van der Waals surface area contributed by atoms with Gasteiger partial charge in [0.15, 0.2) is 0 Å². The van der Waals surface area contributed by atoms with Gasteiger partial charge in [0, 0.05) is 36.0 Å². The van der Waals surface area contributed by atoms with Crippen LogP contribution in [0.15, 0.2) is 41.1 Å². The van der Waals surface area contributed by atoms with Crippen LogP contribution in [0.1, 0.15) is 55.6 Å². The summed E-state index contributed by atoms with van der Waals surface area (Å²) in [5.74, 6) is 2.35. The summed E-state index contributed by atoms with van der Waals surface area (Å²) in [6.07, 6.45) is 3.77. The highest BCUT2D eigenvalue weighted by molar-refractivity contribution is 5.53. The van der Waals surface area contributed by atoms with E-state index in [9.17, 15) is 0 Å². The van der Waals surface area contributed by atoms with Gasteiger partial charge in [-0.15, -0.1) is 10.2 Å². The number of rotatable bonds is 6. The average Bonchev–Trinajstić information content (AvgIpc) is 3.11. The van der Waals surface area contributed by atoms with Crippen LogP contribution in [0.2, 0.25) is 0 Å². The van der Waals surface area contributed by atoms with Crippen LogP contribution in [0.3, 0.4) is 0 Å². The highest BCUT2D eigenvalue weighted by Gasteiger charge is 2.19. The van der Waals surface area contributed by atoms with Gasteiger partial charge in [0.2, 0.25) is 11.8 Å². The molecule has 136 valence electrons. The van der Waals surface area contributed by atoms with Crippen molar-refractivity contribution in [1.82, 2.24) is 25.1 Å². The topological polar surface area (TPSA) is 67.9 Å². The van der Waals surface area contributed by atoms with Crippen LogP contribution >= 0.6 is 0 Å². The Hall–Kier alpha value is -2.60. The van der Waals surface area contributed by atoms with E-state index in [1.807, 2.05) is 50.6 Å². The molecule has 0 aliphatic rings. The van der Waals surface area contributed by atoms with Crippen molar-refractivity contribution < 1.29 is 4.42 Å². The minimum absolute atomic E-state index is 0.00849. The third-order valence-corrected chi connectivity index (χ3v) is 4.40. The second kappa shape index (κ2) is 7.74. The molecule has 0 N–H and O–H groups in total. The maximum absolute atomic E-state index is 5.90. The molecular formula is C20H25N5O. The SMILES string of the molecule is Cc1cccc(-c2nnc(C(C)N(C)Cc3cnc(C(C)C)nc3)o2)c1. The van der Waals surface area contributed by atoms with Gasteiger partial charge in [0.1, 0.15) is 5.82 Å². The van der Waals surface area contributed by atoms with Crippen molar-refractivity contribution >= 4 is 0 Å². The highest BCUT2D eigenvalue weighted by atomic mass is 16.4. The monoisotopic (exact) mass is 351 g/mol. The van der Waals surface area contributed by atoms with Crippen molar-refractivity contribution in [3.8, 4) is 11.5 Å². The molecule has 6 heteroatoms. The largest absolute Gasteiger partial charge is 0.419 e. The molecule has 2 aromatic heterocycles. The summed E-state index contributed by atoms with van der Waals surface area (Å²) in [5, 5.41) is 8.43. The highest BCUT2D eigenvalue weighted by Crippen LogP contribution is 2.24. The van der Waals surface area contributed by atoms with Crippen molar-refractivity contribution in [3.05, 3.63) is 59.5 Å². The predicted molar refractivity (Wildman–Crippen MR) is 100 cm³/mol. The Morgan fingerprint density at radius 3 is 2.46 bits per heavy atom. The molecule has 0 saturated heterocycles. The fourth-order valence-corrected chi connectivity index (χ4v) is 2.66. The zero-order valence-electron chi connectivity index (χ0n) is 16.0. The Balaban J connectivity index is 1.69. The van der Waals surface area contributed by atoms with Gasteiger partial charge >= 0.3 is 0 Å². The van der Waals surface area contributed by atoms with Crippen molar-refractivity contribution in [1.29, 1.82) is 0 Å². The zero-order chi connectivity index (χ0) is 18.7. The second-order valence-corrected chi connectivity index (χ2v) is 7.01. The van der Waals surface area contributed by atoms with Crippen LogP contribution in [0, 0.1) is 6.92 Å². The number of hydrogen-bond donors (Lipinski definition) is 0. The lowest BCUT2D eigenvalue weighted by Crippen LogP contribution is -2.22. The fraction of sp³-hybridized carbons (Fsp3) is 0.400. The van der Waals surface area contributed by atoms with E-state index in [0.717, 1.165) is 22.5 Å². The van der Waals surface area contributed by atoms with E-state index in [1.54, 1.807) is 0 Å². The lowest BCUT2D eigenvalue weighted by molar-refractivity contribution is 0.217. The van der Waals surface area contributed by atoms with E-state index in [4.69, 9.17) is 4.42 Å². The average molecular weight is 351 g/mol. The lowest BCUT2D eigenvalue weighted by atomic mass is 10.1. The molecule has 3 aromatic rings. The molecule has 0 radical (unpaired) electrons. The molecule has 2 heterocycles. The summed E-state index contributed by atoms with van der Waals surface area (Å²) in [5.41, 5.74) is 3.16. The Morgan fingerprint density at radius 1 is 1.08 bits per heavy atom. The Bertz CT molecular complexity index is 857. The number of benzene rings is 1. The fourth-order valence-electron chi connectivity index (χ4n) is 2.66. The molecule has 0 spiro atoms. The summed E-state index contributed by atoms with van der Waals surface area (Å²) < 4.78 is 5.90. The first-order valence-electron chi connectivity index (χ1n) is 8.85. The van der Waals surface area contributed by atoms with Crippen LogP contribution in [0.5, 0.6) is 0 Å². The molecule has 0 fully saturated rings. The second-order valence-electron chi connectivity index (χ2n) is 7.01. The first-order valence-corrected chi connectivity index (χ1v) is 8.85. The molecule has 26 heavy (non-hydrogen) atoms. The normalized spacial score (nSPS) is 12.7. The molecule has 0 aliphatic heterocycles. The molecule has 1 unspecified atom stereocenters. The minimum Gasteiger partial charge on any atom is -0.419 e. The van der Waals surface area contributed by atoms with Gasteiger partial charge in [0.05, 0.1) is 6.04 Å². The quantitative estimate of drug-likeness (QED) is 0.664. The Kier molecular flexibility index (Phi) is 5.42. The number of aryl methyl sites for hydroxylation is 1. The lowest BCUT2D eigenvalue weighted by Gasteiger charge is -2.21. The first-order chi connectivity index (χ1) is 12.4. The smallest absolute Gasteiger partial charge is 0.247 e. The van der Waals surface area contributed by atoms with Crippen LogP contribution in [0.4, 0.5) is 0 Å². The summed E-state index contributed by atoms with van der Waals surface area (Å²) in [4.78, 5) is 11.0. The van der Waals surface area contributed by atoms with Crippen molar-refractivity contribution in [2.45, 2.75) is 46.2 Å². The van der Waals surface area contributed by atoms with E-state index >= 15 is 0 Å². The van der Waals surface area contributed by atoms with Gasteiger partial charge < -0.3 is 4.42 Å². The van der Waals surface area contributed by atoms with Crippen LogP contribution < -0.4 is 0 Å². The third-order valence-electron chi connectivity index (χ3n) is 4.40. The van der Waals surface area contributed by atoms with Gasteiger partial charge in [-0.3, -0.25) is 4.90 Å². The summed E-state index contributed by atoms with van der Waals surface area (Å²) in [7, 11) is 2.03. The zero-order valence-corrected chi connectivity index (χ0v) is 16.0. The molecule has 0 aliphatic carbocycles. The molecule has 1 atom stereocenters. The van der Waals surface area contributed by atoms with E-state index in [2.05, 4.69) is 45.8 Å². The first kappa shape index (κ1) is 18.2. The van der Waals surface area contributed by atoms with Gasteiger partial charge in [-0.05, 0) is 33.0 Å². The van der Waals surface area contributed by atoms with E-state index in [1.165, 1.54) is 0 Å². The summed E-state index contributed by atoms with van der Waals surface area (Å²) in [6, 6.07) is 8.05. The molecule has 6 nitrogen and oxygen atoms in total. The van der Waals surface area contributed by atoms with E-state index in [0.29, 0.717) is 24.2 Å². The Labute approximate surface area is 154 Å². The molecule has 0 bridgehead atoms. The maximum atomic E-state index is 5.90. The standard InChI is InChI=1S/C20H25N5O/c1-13(2)18-21-10-16(11-22-18)12-25(5)15(4)19-23-24-20(26-19)17-8-6-7-14(3)9-17/h6-11,13,15H,12H2,1-5H3. The molecule has 0 amide bonds. The van der Waals surface area contributed by atoms with Crippen LogP contribution in [-0.4, -0.2) is 32.1 Å². The number of hydrogen-bond acceptors (Lipinski definition) is 6. The van der Waals surface area contributed by atoms with Gasteiger partial charge in [-0.1, -0.05) is 31.5 Å². The molecule has 1 aromatic carbocycles. The van der Waals surface area contributed by atoms with E-state index in [-0.39, 0.29) is 6.04 Å². The third kappa shape index (κ3) is 4.14. The Morgan fingerprint density at radius 2 is 1.81 bits per heavy atom. The van der Waals surface area contributed by atoms with E-state index < -0.39 is 0 Å². The van der Waals surface area contributed by atoms with Crippen molar-refractivity contribution in [2.75, 3.05) is 7.05 Å². The molecule has 0 saturated carbocycles.